The molecular formula is C11H23N5O. The van der Waals surface area contributed by atoms with Gasteiger partial charge in [0.2, 0.25) is 0 Å². The van der Waals surface area contributed by atoms with Crippen LogP contribution in [-0.2, 0) is 11.2 Å². The van der Waals surface area contributed by atoms with Gasteiger partial charge in [0.05, 0.1) is 6.61 Å². The largest absolute Gasteiger partial charge is 0.383 e. The Hall–Kier alpha value is -0.980. The topological polar surface area (TPSA) is 88.8 Å². The summed E-state index contributed by atoms with van der Waals surface area (Å²) >= 11 is 0. The maximum absolute atomic E-state index is 5.50. The molecule has 0 amide bonds. The second kappa shape index (κ2) is 9.09. The van der Waals surface area contributed by atoms with E-state index < -0.39 is 0 Å². The highest BCUT2D eigenvalue weighted by molar-refractivity contribution is 4.80. The van der Waals surface area contributed by atoms with E-state index in [4.69, 9.17) is 10.5 Å². The zero-order valence-corrected chi connectivity index (χ0v) is 10.5. The van der Waals surface area contributed by atoms with Gasteiger partial charge < -0.3 is 15.8 Å². The molecule has 0 spiro atoms. The Balaban J connectivity index is 2.08. The smallest absolute Gasteiger partial charge is 0.137 e. The minimum Gasteiger partial charge on any atom is -0.383 e. The molecule has 0 radical (unpaired) electrons. The maximum Gasteiger partial charge on any atom is 0.137 e. The Labute approximate surface area is 102 Å². The minimum absolute atomic E-state index is 0.401. The van der Waals surface area contributed by atoms with Crippen molar-refractivity contribution in [3.05, 3.63) is 12.2 Å². The summed E-state index contributed by atoms with van der Waals surface area (Å²) in [4.78, 5) is 4.08. The molecule has 17 heavy (non-hydrogen) atoms. The van der Waals surface area contributed by atoms with Crippen LogP contribution >= 0.6 is 0 Å². The molecule has 1 aromatic heterocycles. The highest BCUT2D eigenvalue weighted by atomic mass is 16.5. The summed E-state index contributed by atoms with van der Waals surface area (Å²) in [6.45, 7) is 2.43. The van der Waals surface area contributed by atoms with Crippen LogP contribution in [0.15, 0.2) is 6.33 Å². The van der Waals surface area contributed by atoms with Crippen LogP contribution < -0.4 is 11.1 Å². The fourth-order valence-corrected chi connectivity index (χ4v) is 1.72. The Kier molecular flexibility index (Phi) is 7.53. The number of hydrogen-bond acceptors (Lipinski definition) is 5. The first-order valence-corrected chi connectivity index (χ1v) is 6.13. The Bertz CT molecular complexity index is 265. The number of H-pyrrole nitrogens is 1. The van der Waals surface area contributed by atoms with Gasteiger partial charge >= 0.3 is 0 Å². The fourth-order valence-electron chi connectivity index (χ4n) is 1.72. The summed E-state index contributed by atoms with van der Waals surface area (Å²) in [7, 11) is 1.73. The molecule has 0 aliphatic rings. The molecule has 1 unspecified atom stereocenters. The van der Waals surface area contributed by atoms with E-state index in [9.17, 15) is 0 Å². The van der Waals surface area contributed by atoms with E-state index in [1.165, 1.54) is 6.33 Å². The molecule has 1 rings (SSSR count). The van der Waals surface area contributed by atoms with Gasteiger partial charge in [0.1, 0.15) is 12.2 Å². The second-order valence-corrected chi connectivity index (χ2v) is 4.07. The van der Waals surface area contributed by atoms with Crippen LogP contribution in [0, 0.1) is 0 Å². The van der Waals surface area contributed by atoms with Gasteiger partial charge in [-0.1, -0.05) is 0 Å². The van der Waals surface area contributed by atoms with Crippen molar-refractivity contribution in [3.8, 4) is 0 Å². The number of rotatable bonds is 10. The molecule has 1 heterocycles. The Morgan fingerprint density at radius 2 is 2.41 bits per heavy atom. The third kappa shape index (κ3) is 6.35. The molecule has 4 N–H and O–H groups in total. The van der Waals surface area contributed by atoms with Crippen LogP contribution in [0.3, 0.4) is 0 Å². The van der Waals surface area contributed by atoms with Gasteiger partial charge in [-0.15, -0.1) is 0 Å². The van der Waals surface area contributed by atoms with Crippen molar-refractivity contribution in [2.24, 2.45) is 5.73 Å². The van der Waals surface area contributed by atoms with Gasteiger partial charge in [-0.3, -0.25) is 5.10 Å². The average Bonchev–Trinajstić information content (AvgIpc) is 2.84. The van der Waals surface area contributed by atoms with Crippen molar-refractivity contribution in [2.45, 2.75) is 31.7 Å². The van der Waals surface area contributed by atoms with Gasteiger partial charge in [0.25, 0.3) is 0 Å². The third-order valence-electron chi connectivity index (χ3n) is 2.61. The van der Waals surface area contributed by atoms with Crippen molar-refractivity contribution >= 4 is 0 Å². The van der Waals surface area contributed by atoms with Crippen molar-refractivity contribution < 1.29 is 4.74 Å². The minimum atomic E-state index is 0.401. The predicted molar refractivity (Wildman–Crippen MR) is 66.7 cm³/mol. The van der Waals surface area contributed by atoms with Gasteiger partial charge in [-0.2, -0.15) is 5.10 Å². The highest BCUT2D eigenvalue weighted by Gasteiger charge is 2.06. The lowest BCUT2D eigenvalue weighted by Gasteiger charge is -2.17. The maximum atomic E-state index is 5.50. The molecule has 0 fully saturated rings. The number of nitrogens with two attached hydrogens (primary N) is 1. The number of hydrogen-bond donors (Lipinski definition) is 3. The first-order chi connectivity index (χ1) is 8.36. The van der Waals surface area contributed by atoms with Gasteiger partial charge in [0, 0.05) is 19.6 Å². The van der Waals surface area contributed by atoms with Gasteiger partial charge in [-0.05, 0) is 32.4 Å². The van der Waals surface area contributed by atoms with Crippen molar-refractivity contribution in [1.82, 2.24) is 20.5 Å². The van der Waals surface area contributed by atoms with Crippen LogP contribution in [0.2, 0.25) is 0 Å². The molecule has 0 saturated carbocycles. The SMILES string of the molecule is COCC(CCCN)NCCCc1ncn[nH]1. The Morgan fingerprint density at radius 1 is 1.53 bits per heavy atom. The average molecular weight is 241 g/mol. The zero-order chi connectivity index (χ0) is 12.3. The van der Waals surface area contributed by atoms with E-state index in [-0.39, 0.29) is 0 Å². The summed E-state index contributed by atoms with van der Waals surface area (Å²) in [5.74, 6) is 0.942. The van der Waals surface area contributed by atoms with E-state index >= 15 is 0 Å². The molecule has 0 aliphatic heterocycles. The normalized spacial score (nSPS) is 12.8. The van der Waals surface area contributed by atoms with E-state index in [1.807, 2.05) is 0 Å². The second-order valence-electron chi connectivity index (χ2n) is 4.07. The zero-order valence-electron chi connectivity index (χ0n) is 10.5. The summed E-state index contributed by atoms with van der Waals surface area (Å²) in [5, 5.41) is 10.1. The first kappa shape index (κ1) is 14.1. The third-order valence-corrected chi connectivity index (χ3v) is 2.61. The number of ether oxygens (including phenoxy) is 1. The number of aromatic nitrogens is 3. The van der Waals surface area contributed by atoms with E-state index in [1.54, 1.807) is 7.11 Å². The molecule has 0 bridgehead atoms. The van der Waals surface area contributed by atoms with Crippen LogP contribution in [0.5, 0.6) is 0 Å². The molecule has 6 heteroatoms. The van der Waals surface area contributed by atoms with Crippen LogP contribution in [0.25, 0.3) is 0 Å². The van der Waals surface area contributed by atoms with E-state index in [0.717, 1.165) is 51.2 Å². The quantitative estimate of drug-likeness (QED) is 0.505. The summed E-state index contributed by atoms with van der Waals surface area (Å²) < 4.78 is 5.17. The molecule has 0 saturated heterocycles. The standard InChI is InChI=1S/C11H23N5O/c1-17-8-10(4-2-6-12)13-7-3-5-11-14-9-15-16-11/h9-10,13H,2-8,12H2,1H3,(H,14,15,16). The summed E-state index contributed by atoms with van der Waals surface area (Å²) in [6, 6.07) is 0.401. The van der Waals surface area contributed by atoms with Crippen molar-refractivity contribution in [1.29, 1.82) is 0 Å². The molecular weight excluding hydrogens is 218 g/mol. The molecule has 1 aromatic rings. The van der Waals surface area contributed by atoms with Crippen LogP contribution in [-0.4, -0.2) is 48.0 Å². The number of nitrogens with one attached hydrogen (secondary N) is 2. The lowest BCUT2D eigenvalue weighted by atomic mass is 10.1. The molecule has 1 atom stereocenters. The Morgan fingerprint density at radius 3 is 3.06 bits per heavy atom. The number of aryl methyl sites for hydroxylation is 1. The van der Waals surface area contributed by atoms with Gasteiger partial charge in [-0.25, -0.2) is 4.98 Å². The number of aromatic amines is 1. The number of methoxy groups -OCH3 is 1. The van der Waals surface area contributed by atoms with Crippen LogP contribution in [0.4, 0.5) is 0 Å². The monoisotopic (exact) mass is 241 g/mol. The molecule has 98 valence electrons. The van der Waals surface area contributed by atoms with Crippen molar-refractivity contribution in [3.63, 3.8) is 0 Å². The molecule has 0 aromatic carbocycles. The molecule has 6 nitrogen and oxygen atoms in total. The van der Waals surface area contributed by atoms with E-state index in [0.29, 0.717) is 6.04 Å². The lowest BCUT2D eigenvalue weighted by Crippen LogP contribution is -2.34. The fraction of sp³-hybridized carbons (Fsp3) is 0.818. The van der Waals surface area contributed by atoms with Crippen LogP contribution in [0.1, 0.15) is 25.1 Å². The summed E-state index contributed by atoms with van der Waals surface area (Å²) in [5.41, 5.74) is 5.50. The highest BCUT2D eigenvalue weighted by Crippen LogP contribution is 1.98. The van der Waals surface area contributed by atoms with Crippen molar-refractivity contribution in [2.75, 3.05) is 26.8 Å². The predicted octanol–water partition coefficient (Wildman–Crippen LogP) is 0.0808. The molecule has 0 aliphatic carbocycles. The van der Waals surface area contributed by atoms with Gasteiger partial charge in [0.15, 0.2) is 0 Å². The summed E-state index contributed by atoms with van der Waals surface area (Å²) in [6.07, 6.45) is 5.59. The lowest BCUT2D eigenvalue weighted by molar-refractivity contribution is 0.161. The first-order valence-electron chi connectivity index (χ1n) is 6.13. The number of nitrogens with zero attached hydrogens (tertiary/aromatic N) is 2. The van der Waals surface area contributed by atoms with E-state index in [2.05, 4.69) is 20.5 Å².